The van der Waals surface area contributed by atoms with Crippen LogP contribution in [0.5, 0.6) is 0 Å². The highest BCUT2D eigenvalue weighted by molar-refractivity contribution is 9.10. The van der Waals surface area contributed by atoms with Gasteiger partial charge in [0.2, 0.25) is 0 Å². The second-order valence-corrected chi connectivity index (χ2v) is 6.89. The lowest BCUT2D eigenvalue weighted by molar-refractivity contribution is 0.586. The zero-order chi connectivity index (χ0) is 16.0. The van der Waals surface area contributed by atoms with Crippen molar-refractivity contribution in [2.24, 2.45) is 20.0 Å². The van der Waals surface area contributed by atoms with Gasteiger partial charge in [0.25, 0.3) is 0 Å². The van der Waals surface area contributed by atoms with Crippen LogP contribution in [0.3, 0.4) is 0 Å². The van der Waals surface area contributed by atoms with E-state index in [-0.39, 0.29) is 0 Å². The number of hydrogen-bond acceptors (Lipinski definition) is 5. The largest absolute Gasteiger partial charge is 0.356 e. The molecule has 23 heavy (non-hydrogen) atoms. The molecule has 1 unspecified atom stereocenters. The lowest BCUT2D eigenvalue weighted by atomic mass is 10.0. The van der Waals surface area contributed by atoms with Crippen LogP contribution >= 0.6 is 15.9 Å². The van der Waals surface area contributed by atoms with Crippen molar-refractivity contribution < 1.29 is 0 Å². The first-order chi connectivity index (χ1) is 11.1. The van der Waals surface area contributed by atoms with Gasteiger partial charge in [0.1, 0.15) is 16.7 Å². The molecule has 7 nitrogen and oxygen atoms in total. The second kappa shape index (κ2) is 5.59. The smallest absolute Gasteiger partial charge is 0.164 e. The van der Waals surface area contributed by atoms with Gasteiger partial charge in [-0.15, -0.1) is 0 Å². The summed E-state index contributed by atoms with van der Waals surface area (Å²) in [6, 6.07) is 0. The van der Waals surface area contributed by atoms with E-state index in [2.05, 4.69) is 47.2 Å². The van der Waals surface area contributed by atoms with E-state index in [1.807, 2.05) is 25.0 Å². The van der Waals surface area contributed by atoms with Gasteiger partial charge in [-0.25, -0.2) is 14.6 Å². The molecule has 0 bridgehead atoms. The fourth-order valence-electron chi connectivity index (χ4n) is 3.37. The number of halogens is 1. The number of aromatic nitrogens is 6. The first-order valence-electron chi connectivity index (χ1n) is 7.67. The summed E-state index contributed by atoms with van der Waals surface area (Å²) in [4.78, 5) is 11.2. The number of nitrogens with zero attached hydrogens (tertiary/aromatic N) is 7. The summed E-state index contributed by atoms with van der Waals surface area (Å²) in [6.45, 7) is 2.01. The Morgan fingerprint density at radius 1 is 1.30 bits per heavy atom. The van der Waals surface area contributed by atoms with Crippen LogP contribution in [0.15, 0.2) is 23.3 Å². The van der Waals surface area contributed by atoms with Crippen LogP contribution in [0.2, 0.25) is 0 Å². The molecule has 0 aromatic carbocycles. The van der Waals surface area contributed by atoms with Gasteiger partial charge in [-0.3, -0.25) is 4.68 Å². The van der Waals surface area contributed by atoms with Crippen molar-refractivity contribution in [2.45, 2.75) is 12.8 Å². The highest BCUT2D eigenvalue weighted by Crippen LogP contribution is 2.33. The highest BCUT2D eigenvalue weighted by atomic mass is 79.9. The summed E-state index contributed by atoms with van der Waals surface area (Å²) in [6.07, 6.45) is 7.91. The first kappa shape index (κ1) is 14.6. The molecule has 0 aliphatic carbocycles. The maximum Gasteiger partial charge on any atom is 0.164 e. The molecule has 3 aromatic heterocycles. The van der Waals surface area contributed by atoms with Crippen molar-refractivity contribution in [2.75, 3.05) is 18.0 Å². The lowest BCUT2D eigenvalue weighted by Gasteiger charge is -2.18. The third kappa shape index (κ3) is 2.60. The van der Waals surface area contributed by atoms with Crippen molar-refractivity contribution >= 4 is 32.8 Å². The molecule has 1 saturated heterocycles. The fraction of sp³-hybridized carbons (Fsp3) is 0.467. The molecule has 0 saturated carbocycles. The molecule has 0 N–H and O–H groups in total. The molecule has 1 aliphatic heterocycles. The molecule has 3 aromatic rings. The van der Waals surface area contributed by atoms with Gasteiger partial charge in [-0.05, 0) is 40.3 Å². The van der Waals surface area contributed by atoms with Crippen molar-refractivity contribution in [1.29, 1.82) is 0 Å². The first-order valence-corrected chi connectivity index (χ1v) is 8.47. The van der Waals surface area contributed by atoms with E-state index in [1.165, 1.54) is 5.56 Å². The zero-order valence-electron chi connectivity index (χ0n) is 13.1. The summed E-state index contributed by atoms with van der Waals surface area (Å²) in [5.41, 5.74) is 2.16. The van der Waals surface area contributed by atoms with Gasteiger partial charge in [-0.1, -0.05) is 0 Å². The molecule has 4 heterocycles. The van der Waals surface area contributed by atoms with Crippen molar-refractivity contribution in [3.05, 3.63) is 28.9 Å². The second-order valence-electron chi connectivity index (χ2n) is 6.14. The van der Waals surface area contributed by atoms with Gasteiger partial charge in [-0.2, -0.15) is 10.2 Å². The Morgan fingerprint density at radius 3 is 2.96 bits per heavy atom. The Morgan fingerprint density at radius 2 is 2.17 bits per heavy atom. The van der Waals surface area contributed by atoms with E-state index in [4.69, 9.17) is 0 Å². The molecular weight excluding hydrogens is 358 g/mol. The topological polar surface area (TPSA) is 64.7 Å². The van der Waals surface area contributed by atoms with Gasteiger partial charge in [0, 0.05) is 33.4 Å². The van der Waals surface area contributed by atoms with Crippen LogP contribution in [0, 0.1) is 5.92 Å². The van der Waals surface area contributed by atoms with Crippen LogP contribution in [0.4, 0.5) is 5.82 Å². The minimum Gasteiger partial charge on any atom is -0.356 e. The average Bonchev–Trinajstić information content (AvgIpc) is 3.22. The predicted molar refractivity (Wildman–Crippen MR) is 91.2 cm³/mol. The number of anilines is 1. The molecular formula is C15H18BrN7. The van der Waals surface area contributed by atoms with E-state index in [1.54, 1.807) is 11.0 Å². The van der Waals surface area contributed by atoms with E-state index in [0.717, 1.165) is 47.4 Å². The van der Waals surface area contributed by atoms with Crippen molar-refractivity contribution in [1.82, 2.24) is 29.5 Å². The Kier molecular flexibility index (Phi) is 3.56. The predicted octanol–water partition coefficient (Wildman–Crippen LogP) is 1.93. The molecule has 1 fully saturated rings. The fourth-order valence-corrected chi connectivity index (χ4v) is 3.96. The Labute approximate surface area is 142 Å². The van der Waals surface area contributed by atoms with E-state index in [9.17, 15) is 0 Å². The van der Waals surface area contributed by atoms with E-state index >= 15 is 0 Å². The van der Waals surface area contributed by atoms with Crippen LogP contribution < -0.4 is 4.90 Å². The lowest BCUT2D eigenvalue weighted by Crippen LogP contribution is -2.21. The van der Waals surface area contributed by atoms with Gasteiger partial charge < -0.3 is 4.90 Å². The van der Waals surface area contributed by atoms with Crippen LogP contribution in [-0.4, -0.2) is 42.6 Å². The maximum atomic E-state index is 4.52. The summed E-state index contributed by atoms with van der Waals surface area (Å²) in [5.74, 6) is 1.60. The Hall–Kier alpha value is -1.96. The summed E-state index contributed by atoms with van der Waals surface area (Å²) in [5, 5.41) is 9.66. The Bertz CT molecular complexity index is 853. The number of fused-ring (bicyclic) bond motifs is 1. The summed E-state index contributed by atoms with van der Waals surface area (Å²) < 4.78 is 4.46. The van der Waals surface area contributed by atoms with Crippen molar-refractivity contribution in [3.63, 3.8) is 0 Å². The molecule has 1 atom stereocenters. The van der Waals surface area contributed by atoms with Crippen LogP contribution in [0.25, 0.3) is 11.0 Å². The monoisotopic (exact) mass is 375 g/mol. The van der Waals surface area contributed by atoms with E-state index in [0.29, 0.717) is 5.92 Å². The molecule has 0 spiro atoms. The molecule has 0 radical (unpaired) electrons. The molecule has 8 heteroatoms. The Balaban J connectivity index is 1.58. The maximum absolute atomic E-state index is 4.52. The van der Waals surface area contributed by atoms with Gasteiger partial charge in [0.15, 0.2) is 5.65 Å². The average molecular weight is 376 g/mol. The number of aryl methyl sites for hydroxylation is 2. The minimum atomic E-state index is 0.625. The van der Waals surface area contributed by atoms with Crippen molar-refractivity contribution in [3.8, 4) is 0 Å². The zero-order valence-corrected chi connectivity index (χ0v) is 14.7. The quantitative estimate of drug-likeness (QED) is 0.699. The summed E-state index contributed by atoms with van der Waals surface area (Å²) in [7, 11) is 3.86. The third-order valence-electron chi connectivity index (χ3n) is 4.43. The minimum absolute atomic E-state index is 0.625. The molecule has 4 rings (SSSR count). The van der Waals surface area contributed by atoms with Gasteiger partial charge in [0.05, 0.1) is 11.6 Å². The van der Waals surface area contributed by atoms with Crippen LogP contribution in [0.1, 0.15) is 12.0 Å². The SMILES string of the molecule is Cn1cc(CC2CCN(c3ncnc4c3c(Br)nn4C)C2)cn1. The highest BCUT2D eigenvalue weighted by Gasteiger charge is 2.27. The standard InChI is InChI=1S/C15H18BrN7/c1-21-7-11(6-19-21)5-10-3-4-23(8-10)15-12-13(16)20-22(2)14(12)17-9-18-15/h6-7,9-10H,3-5,8H2,1-2H3. The summed E-state index contributed by atoms with van der Waals surface area (Å²) >= 11 is 3.54. The number of rotatable bonds is 3. The van der Waals surface area contributed by atoms with Crippen LogP contribution in [-0.2, 0) is 20.5 Å². The number of hydrogen-bond donors (Lipinski definition) is 0. The molecule has 1 aliphatic rings. The molecule has 120 valence electrons. The third-order valence-corrected chi connectivity index (χ3v) is 4.98. The molecule has 0 amide bonds. The van der Waals surface area contributed by atoms with E-state index < -0.39 is 0 Å². The van der Waals surface area contributed by atoms with Gasteiger partial charge >= 0.3 is 0 Å². The normalized spacial score (nSPS) is 18.2.